The average Bonchev–Trinajstić information content (AvgIpc) is 3.48. The highest BCUT2D eigenvalue weighted by Gasteiger charge is 2.67. The van der Waals surface area contributed by atoms with Gasteiger partial charge in [-0.3, -0.25) is 9.59 Å². The van der Waals surface area contributed by atoms with Gasteiger partial charge in [0.1, 0.15) is 23.5 Å². The topological polar surface area (TPSA) is 59.8 Å². The van der Waals surface area contributed by atoms with Gasteiger partial charge in [0.25, 0.3) is 0 Å². The lowest BCUT2D eigenvalue weighted by Gasteiger charge is -2.63. The smallest absolute Gasteiger partial charge is 0.303 e. The molecular formula is C36H41NO4SSi. The second-order valence-electron chi connectivity index (χ2n) is 13.0. The van der Waals surface area contributed by atoms with Crippen molar-refractivity contribution in [2.24, 2.45) is 0 Å². The molecule has 4 aromatic rings. The predicted octanol–water partition coefficient (Wildman–Crippen LogP) is 8.50. The largest absolute Gasteiger partial charge is 0.461 e. The third-order valence-corrected chi connectivity index (χ3v) is 16.7. The fourth-order valence-corrected chi connectivity index (χ4v) is 10.8. The van der Waals surface area contributed by atoms with Gasteiger partial charge >= 0.3 is 5.97 Å². The highest BCUT2D eigenvalue weighted by Crippen LogP contribution is 2.61. The first-order valence-corrected chi connectivity index (χ1v) is 18.6. The molecule has 1 fully saturated rings. The second kappa shape index (κ2) is 11.5. The van der Waals surface area contributed by atoms with Crippen molar-refractivity contribution in [3.8, 4) is 0 Å². The lowest BCUT2D eigenvalue weighted by molar-refractivity contribution is -0.147. The summed E-state index contributed by atoms with van der Waals surface area (Å²) in [5, 5.41) is -0.310. The lowest BCUT2D eigenvalue weighted by Crippen LogP contribution is -2.78. The number of benzene rings is 3. The minimum absolute atomic E-state index is 0.0331. The minimum Gasteiger partial charge on any atom is -0.461 e. The van der Waals surface area contributed by atoms with Crippen LogP contribution in [-0.4, -0.2) is 30.1 Å². The van der Waals surface area contributed by atoms with Crippen LogP contribution in [-0.2, 0) is 31.1 Å². The van der Waals surface area contributed by atoms with Crippen molar-refractivity contribution in [3.05, 3.63) is 131 Å². The zero-order valence-electron chi connectivity index (χ0n) is 26.1. The van der Waals surface area contributed by atoms with Crippen molar-refractivity contribution in [3.63, 3.8) is 0 Å². The highest BCUT2D eigenvalue weighted by atomic mass is 32.2. The van der Waals surface area contributed by atoms with Crippen LogP contribution in [0.4, 0.5) is 0 Å². The number of thioether (sulfide) groups is 1. The molecule has 2 heterocycles. The van der Waals surface area contributed by atoms with E-state index in [1.165, 1.54) is 6.92 Å². The number of amides is 1. The molecule has 0 aliphatic carbocycles. The standard InChI is InChI=1S/C36H41NO4SSi/c1-26(38)40-25-30-23-24-31(41-30)35(5)32(39)37(43(6,7)34(2,3)4)33(35)42-36(27-17-11-8-12-18-27,28-19-13-9-14-20-28)29-21-15-10-16-22-29/h8-24,33H,25H2,1-7H3. The number of carbonyl (C=O) groups excluding carboxylic acids is 2. The van der Waals surface area contributed by atoms with Crippen molar-refractivity contribution in [1.29, 1.82) is 0 Å². The molecule has 3 aromatic carbocycles. The summed E-state index contributed by atoms with van der Waals surface area (Å²) >= 11 is 1.82. The molecule has 1 aliphatic heterocycles. The first-order chi connectivity index (χ1) is 20.3. The molecule has 5 nitrogen and oxygen atoms in total. The van der Waals surface area contributed by atoms with Crippen molar-refractivity contribution < 1.29 is 18.7 Å². The molecule has 0 N–H and O–H groups in total. The monoisotopic (exact) mass is 611 g/mol. The summed E-state index contributed by atoms with van der Waals surface area (Å²) in [4.78, 5) is 26.0. The molecule has 0 bridgehead atoms. The zero-order valence-corrected chi connectivity index (χ0v) is 27.9. The molecular weight excluding hydrogens is 571 g/mol. The van der Waals surface area contributed by atoms with E-state index in [1.54, 1.807) is 0 Å². The van der Waals surface area contributed by atoms with E-state index in [0.717, 1.165) is 16.7 Å². The van der Waals surface area contributed by atoms with Crippen LogP contribution in [0.25, 0.3) is 0 Å². The van der Waals surface area contributed by atoms with Gasteiger partial charge < -0.3 is 13.7 Å². The van der Waals surface area contributed by atoms with Crippen LogP contribution < -0.4 is 0 Å². The van der Waals surface area contributed by atoms with E-state index in [-0.39, 0.29) is 28.9 Å². The van der Waals surface area contributed by atoms with Gasteiger partial charge in [-0.25, -0.2) is 0 Å². The Balaban J connectivity index is 1.73. The second-order valence-corrected chi connectivity index (χ2v) is 19.4. The van der Waals surface area contributed by atoms with Gasteiger partial charge in [-0.05, 0) is 40.8 Å². The SMILES string of the molecule is CC(=O)OCc1ccc(C2(C)C(=O)N([Si](C)(C)C(C)(C)C)C2SC(c2ccccc2)(c2ccccc2)c2ccccc2)o1. The van der Waals surface area contributed by atoms with Crippen molar-refractivity contribution >= 4 is 31.9 Å². The molecule has 1 amide bonds. The lowest BCUT2D eigenvalue weighted by atomic mass is 9.79. The normalized spacial score (nSPS) is 19.2. The van der Waals surface area contributed by atoms with E-state index in [1.807, 2.05) is 49.0 Å². The summed E-state index contributed by atoms with van der Waals surface area (Å²) < 4.78 is 13.1. The Morgan fingerprint density at radius 2 is 1.33 bits per heavy atom. The van der Waals surface area contributed by atoms with Gasteiger partial charge in [-0.15, -0.1) is 11.8 Å². The zero-order chi connectivity index (χ0) is 31.0. The molecule has 1 aromatic heterocycles. The molecule has 1 saturated heterocycles. The first-order valence-electron chi connectivity index (χ1n) is 14.7. The summed E-state index contributed by atoms with van der Waals surface area (Å²) in [6, 6.07) is 35.4. The Labute approximate surface area is 260 Å². The summed E-state index contributed by atoms with van der Waals surface area (Å²) in [6.07, 6.45) is 0. The number of β-lactam (4-membered cyclic amide) rings is 1. The maximum atomic E-state index is 14.6. The molecule has 2 atom stereocenters. The number of hydrogen-bond acceptors (Lipinski definition) is 5. The maximum absolute atomic E-state index is 14.6. The Bertz CT molecular complexity index is 1480. The summed E-state index contributed by atoms with van der Waals surface area (Å²) in [7, 11) is -2.34. The number of rotatable bonds is 9. The van der Waals surface area contributed by atoms with Gasteiger partial charge in [0.05, 0.1) is 10.1 Å². The number of esters is 1. The average molecular weight is 612 g/mol. The third-order valence-electron chi connectivity index (χ3n) is 9.25. The minimum atomic E-state index is -2.34. The van der Waals surface area contributed by atoms with E-state index in [9.17, 15) is 9.59 Å². The number of carbonyl (C=O) groups is 2. The van der Waals surface area contributed by atoms with Crippen LogP contribution in [0.1, 0.15) is 62.8 Å². The van der Waals surface area contributed by atoms with Gasteiger partial charge in [-0.1, -0.05) is 125 Å². The van der Waals surface area contributed by atoms with Crippen LogP contribution in [0.15, 0.2) is 108 Å². The molecule has 7 heteroatoms. The Morgan fingerprint density at radius 3 is 1.74 bits per heavy atom. The molecule has 5 rings (SSSR count). The van der Waals surface area contributed by atoms with Crippen molar-refractivity contribution in [2.75, 3.05) is 0 Å². The molecule has 0 radical (unpaired) electrons. The van der Waals surface area contributed by atoms with E-state index in [4.69, 9.17) is 9.15 Å². The fourth-order valence-electron chi connectivity index (χ4n) is 5.76. The number of nitrogens with zero attached hydrogens (tertiary/aromatic N) is 1. The Kier molecular flexibility index (Phi) is 8.27. The molecule has 2 unspecified atom stereocenters. The van der Waals surface area contributed by atoms with Crippen molar-refractivity contribution in [1.82, 2.24) is 4.57 Å². The van der Waals surface area contributed by atoms with E-state index in [0.29, 0.717) is 11.5 Å². The molecule has 43 heavy (non-hydrogen) atoms. The molecule has 0 saturated carbocycles. The van der Waals surface area contributed by atoms with Crippen LogP contribution in [0.5, 0.6) is 0 Å². The summed E-state index contributed by atoms with van der Waals surface area (Å²) in [5.41, 5.74) is 2.50. The Morgan fingerprint density at radius 1 is 0.860 bits per heavy atom. The Hall–Kier alpha value is -3.55. The van der Waals surface area contributed by atoms with Gasteiger partial charge in [0.15, 0.2) is 8.24 Å². The van der Waals surface area contributed by atoms with Crippen LogP contribution >= 0.6 is 11.8 Å². The van der Waals surface area contributed by atoms with Crippen LogP contribution in [0, 0.1) is 0 Å². The van der Waals surface area contributed by atoms with Crippen LogP contribution in [0.2, 0.25) is 18.1 Å². The molecule has 224 valence electrons. The van der Waals surface area contributed by atoms with Gasteiger partial charge in [-0.2, -0.15) is 0 Å². The van der Waals surface area contributed by atoms with Crippen molar-refractivity contribution in [2.45, 2.75) is 74.9 Å². The maximum Gasteiger partial charge on any atom is 0.303 e. The quantitative estimate of drug-likeness (QED) is 0.0822. The number of ether oxygens (including phenoxy) is 1. The molecule has 1 aliphatic rings. The summed E-state index contributed by atoms with van der Waals surface area (Å²) in [5.74, 6) is 0.817. The number of furan rings is 1. The van der Waals surface area contributed by atoms with Crippen LogP contribution in [0.3, 0.4) is 0 Å². The fraction of sp³-hybridized carbons (Fsp3) is 0.333. The third kappa shape index (κ3) is 5.27. The predicted molar refractivity (Wildman–Crippen MR) is 176 cm³/mol. The number of hydrogen-bond donors (Lipinski definition) is 0. The first kappa shape index (κ1) is 30.9. The highest BCUT2D eigenvalue weighted by molar-refractivity contribution is 8.01. The van der Waals surface area contributed by atoms with E-state index in [2.05, 4.69) is 111 Å². The summed E-state index contributed by atoms with van der Waals surface area (Å²) in [6.45, 7) is 14.7. The van der Waals surface area contributed by atoms with E-state index >= 15 is 0 Å². The van der Waals surface area contributed by atoms with Gasteiger partial charge in [0.2, 0.25) is 5.91 Å². The van der Waals surface area contributed by atoms with Gasteiger partial charge in [0, 0.05) is 6.92 Å². The molecule has 0 spiro atoms. The van der Waals surface area contributed by atoms with E-state index < -0.39 is 18.4 Å².